The molecule has 1 aliphatic rings. The quantitative estimate of drug-likeness (QED) is 0.913. The average Bonchev–Trinajstić information content (AvgIpc) is 3.15. The van der Waals surface area contributed by atoms with Crippen LogP contribution in [0.25, 0.3) is 5.69 Å². The van der Waals surface area contributed by atoms with Gasteiger partial charge in [-0.2, -0.15) is 5.10 Å². The minimum Gasteiger partial charge on any atom is -0.330 e. The van der Waals surface area contributed by atoms with Crippen molar-refractivity contribution in [2.24, 2.45) is 5.73 Å². The Hall–Kier alpha value is -1.61. The van der Waals surface area contributed by atoms with Crippen LogP contribution in [0.2, 0.25) is 0 Å². The molecule has 3 heteroatoms. The molecule has 2 aromatic rings. The van der Waals surface area contributed by atoms with Gasteiger partial charge in [0.1, 0.15) is 0 Å². The summed E-state index contributed by atoms with van der Waals surface area (Å²) in [6.07, 6.45) is 3.44. The summed E-state index contributed by atoms with van der Waals surface area (Å²) < 4.78 is 2.14. The van der Waals surface area contributed by atoms with Crippen molar-refractivity contribution in [2.45, 2.75) is 39.0 Å². The number of rotatable bonds is 4. The Morgan fingerprint density at radius 1 is 1.32 bits per heavy atom. The number of hydrogen-bond acceptors (Lipinski definition) is 2. The van der Waals surface area contributed by atoms with E-state index in [4.69, 9.17) is 10.8 Å². The minimum atomic E-state index is 0.661. The van der Waals surface area contributed by atoms with Crippen LogP contribution in [-0.4, -0.2) is 16.3 Å². The third kappa shape index (κ3) is 2.30. The zero-order valence-corrected chi connectivity index (χ0v) is 11.7. The monoisotopic (exact) mass is 255 g/mol. The maximum Gasteiger partial charge on any atom is 0.0680 e. The number of hydrogen-bond donors (Lipinski definition) is 1. The molecular weight excluding hydrogens is 234 g/mol. The second kappa shape index (κ2) is 4.82. The fourth-order valence-corrected chi connectivity index (χ4v) is 2.54. The Kier molecular flexibility index (Phi) is 3.15. The van der Waals surface area contributed by atoms with Crippen LogP contribution in [-0.2, 0) is 6.42 Å². The first-order chi connectivity index (χ1) is 9.20. The lowest BCUT2D eigenvalue weighted by Gasteiger charge is -2.11. The van der Waals surface area contributed by atoms with E-state index in [1.54, 1.807) is 0 Å². The molecule has 0 spiro atoms. The van der Waals surface area contributed by atoms with Crippen molar-refractivity contribution < 1.29 is 0 Å². The lowest BCUT2D eigenvalue weighted by molar-refractivity contribution is 0.776. The van der Waals surface area contributed by atoms with E-state index in [1.807, 2.05) is 0 Å². The van der Waals surface area contributed by atoms with E-state index in [9.17, 15) is 0 Å². The van der Waals surface area contributed by atoms with Crippen molar-refractivity contribution in [3.63, 3.8) is 0 Å². The highest BCUT2D eigenvalue weighted by atomic mass is 15.3. The summed E-state index contributed by atoms with van der Waals surface area (Å²) in [7, 11) is 0. The molecule has 0 amide bonds. The molecule has 19 heavy (non-hydrogen) atoms. The topological polar surface area (TPSA) is 43.8 Å². The van der Waals surface area contributed by atoms with E-state index in [1.165, 1.54) is 35.3 Å². The molecular formula is C16H21N3. The number of aromatic nitrogens is 2. The van der Waals surface area contributed by atoms with Crippen LogP contribution in [0.4, 0.5) is 0 Å². The van der Waals surface area contributed by atoms with Gasteiger partial charge in [0.15, 0.2) is 0 Å². The number of nitrogens with two attached hydrogens (primary N) is 1. The van der Waals surface area contributed by atoms with Crippen LogP contribution in [0.3, 0.4) is 0 Å². The Labute approximate surface area is 114 Å². The Bertz CT molecular complexity index is 594. The first kappa shape index (κ1) is 12.4. The maximum absolute atomic E-state index is 5.66. The second-order valence-electron chi connectivity index (χ2n) is 5.50. The van der Waals surface area contributed by atoms with Gasteiger partial charge in [0.2, 0.25) is 0 Å². The van der Waals surface area contributed by atoms with Crippen LogP contribution in [0, 0.1) is 13.8 Å². The van der Waals surface area contributed by atoms with E-state index < -0.39 is 0 Å². The van der Waals surface area contributed by atoms with Crippen molar-refractivity contribution in [2.75, 3.05) is 6.54 Å². The van der Waals surface area contributed by atoms with Crippen LogP contribution < -0.4 is 5.73 Å². The van der Waals surface area contributed by atoms with Gasteiger partial charge in [0.05, 0.1) is 11.4 Å². The number of benzene rings is 1. The summed E-state index contributed by atoms with van der Waals surface area (Å²) in [6.45, 7) is 4.99. The Morgan fingerprint density at radius 3 is 2.79 bits per heavy atom. The summed E-state index contributed by atoms with van der Waals surface area (Å²) in [5.41, 5.74) is 12.0. The second-order valence-corrected chi connectivity index (χ2v) is 5.50. The van der Waals surface area contributed by atoms with Gasteiger partial charge in [-0.15, -0.1) is 0 Å². The molecule has 0 aliphatic heterocycles. The lowest BCUT2D eigenvalue weighted by atomic mass is 10.1. The van der Waals surface area contributed by atoms with Gasteiger partial charge in [-0.1, -0.05) is 12.1 Å². The average molecular weight is 255 g/mol. The van der Waals surface area contributed by atoms with Gasteiger partial charge < -0.3 is 5.73 Å². The molecule has 3 nitrogen and oxygen atoms in total. The molecule has 1 aliphatic carbocycles. The standard InChI is InChI=1S/C16H21N3/c1-11-4-3-5-15(12(11)2)19-16(13-6-7-13)10-14(18-19)8-9-17/h3-5,10,13H,6-9,17H2,1-2H3. The molecule has 0 bridgehead atoms. The van der Waals surface area contributed by atoms with Crippen molar-refractivity contribution in [3.8, 4) is 5.69 Å². The zero-order valence-electron chi connectivity index (χ0n) is 11.7. The predicted octanol–water partition coefficient (Wildman–Crippen LogP) is 2.87. The molecule has 0 saturated heterocycles. The molecule has 100 valence electrons. The van der Waals surface area contributed by atoms with Crippen LogP contribution in [0.15, 0.2) is 24.3 Å². The van der Waals surface area contributed by atoms with Crippen LogP contribution in [0.1, 0.15) is 41.3 Å². The fourth-order valence-electron chi connectivity index (χ4n) is 2.54. The highest BCUT2D eigenvalue weighted by Gasteiger charge is 2.28. The van der Waals surface area contributed by atoms with Gasteiger partial charge >= 0.3 is 0 Å². The summed E-state index contributed by atoms with van der Waals surface area (Å²) in [4.78, 5) is 0. The third-order valence-electron chi connectivity index (χ3n) is 3.99. The van der Waals surface area contributed by atoms with Crippen LogP contribution >= 0.6 is 0 Å². The van der Waals surface area contributed by atoms with Gasteiger partial charge in [0.25, 0.3) is 0 Å². The molecule has 0 atom stereocenters. The van der Waals surface area contributed by atoms with Crippen molar-refractivity contribution in [1.29, 1.82) is 0 Å². The first-order valence-electron chi connectivity index (χ1n) is 7.06. The van der Waals surface area contributed by atoms with Gasteiger partial charge in [-0.3, -0.25) is 0 Å². The van der Waals surface area contributed by atoms with E-state index in [-0.39, 0.29) is 0 Å². The van der Waals surface area contributed by atoms with E-state index >= 15 is 0 Å². The molecule has 1 fully saturated rings. The zero-order chi connectivity index (χ0) is 13.4. The van der Waals surface area contributed by atoms with E-state index in [2.05, 4.69) is 42.8 Å². The Balaban J connectivity index is 2.09. The van der Waals surface area contributed by atoms with E-state index in [0.29, 0.717) is 12.5 Å². The largest absolute Gasteiger partial charge is 0.330 e. The molecule has 2 N–H and O–H groups in total. The number of nitrogens with zero attached hydrogens (tertiary/aromatic N) is 2. The van der Waals surface area contributed by atoms with Gasteiger partial charge in [-0.05, 0) is 56.5 Å². The predicted molar refractivity (Wildman–Crippen MR) is 77.8 cm³/mol. The molecule has 1 saturated carbocycles. The summed E-state index contributed by atoms with van der Waals surface area (Å²) in [5, 5.41) is 4.77. The van der Waals surface area contributed by atoms with Crippen molar-refractivity contribution in [3.05, 3.63) is 46.8 Å². The summed E-state index contributed by atoms with van der Waals surface area (Å²) >= 11 is 0. The fraction of sp³-hybridized carbons (Fsp3) is 0.438. The van der Waals surface area contributed by atoms with Crippen molar-refractivity contribution in [1.82, 2.24) is 9.78 Å². The lowest BCUT2D eigenvalue weighted by Crippen LogP contribution is -2.06. The molecule has 0 unspecified atom stereocenters. The van der Waals surface area contributed by atoms with E-state index in [0.717, 1.165) is 12.1 Å². The highest BCUT2D eigenvalue weighted by molar-refractivity contribution is 5.46. The molecule has 0 radical (unpaired) electrons. The molecule has 1 aromatic carbocycles. The summed E-state index contributed by atoms with van der Waals surface area (Å²) in [6, 6.07) is 8.66. The van der Waals surface area contributed by atoms with Gasteiger partial charge in [0, 0.05) is 18.0 Å². The molecule has 1 aromatic heterocycles. The minimum absolute atomic E-state index is 0.661. The first-order valence-corrected chi connectivity index (χ1v) is 7.06. The maximum atomic E-state index is 5.66. The van der Waals surface area contributed by atoms with Crippen molar-refractivity contribution >= 4 is 0 Å². The normalized spacial score (nSPS) is 14.9. The third-order valence-corrected chi connectivity index (χ3v) is 3.99. The Morgan fingerprint density at radius 2 is 2.11 bits per heavy atom. The summed E-state index contributed by atoms with van der Waals surface area (Å²) in [5.74, 6) is 0.693. The smallest absolute Gasteiger partial charge is 0.0680 e. The van der Waals surface area contributed by atoms with Crippen LogP contribution in [0.5, 0.6) is 0 Å². The molecule has 1 heterocycles. The number of aryl methyl sites for hydroxylation is 1. The molecule has 3 rings (SSSR count). The van der Waals surface area contributed by atoms with Gasteiger partial charge in [-0.25, -0.2) is 4.68 Å². The highest BCUT2D eigenvalue weighted by Crippen LogP contribution is 2.41. The SMILES string of the molecule is Cc1cccc(-n2nc(CCN)cc2C2CC2)c1C.